The lowest BCUT2D eigenvalue weighted by Crippen LogP contribution is -2.34. The summed E-state index contributed by atoms with van der Waals surface area (Å²) in [4.78, 5) is 12.3. The van der Waals surface area contributed by atoms with Gasteiger partial charge in [-0.2, -0.15) is 21.6 Å². The van der Waals surface area contributed by atoms with Crippen molar-refractivity contribution in [2.45, 2.75) is 30.7 Å². The molecule has 5 nitrogen and oxygen atoms in total. The van der Waals surface area contributed by atoms with Crippen LogP contribution in [0.5, 0.6) is 0 Å². The van der Waals surface area contributed by atoms with Crippen molar-refractivity contribution in [1.82, 2.24) is 0 Å². The van der Waals surface area contributed by atoms with Gasteiger partial charge in [-0.25, -0.2) is 8.78 Å². The lowest BCUT2D eigenvalue weighted by atomic mass is 9.77. The molecule has 26 heavy (non-hydrogen) atoms. The second kappa shape index (κ2) is 6.53. The van der Waals surface area contributed by atoms with Crippen molar-refractivity contribution < 1.29 is 44.1 Å². The summed E-state index contributed by atoms with van der Waals surface area (Å²) in [5, 5.41) is 0. The maximum Gasteiger partial charge on any atom is 0.534 e. The number of allylic oxidation sites excluding steroid dienone is 1. The Labute approximate surface area is 145 Å². The van der Waals surface area contributed by atoms with E-state index in [4.69, 9.17) is 0 Å². The van der Waals surface area contributed by atoms with Crippen molar-refractivity contribution in [1.29, 1.82) is 0 Å². The molecule has 0 heterocycles. The van der Waals surface area contributed by atoms with Gasteiger partial charge in [0.1, 0.15) is 11.2 Å². The number of carbonyl (C=O) groups is 1. The lowest BCUT2D eigenvalue weighted by molar-refractivity contribution is -0.145. The van der Waals surface area contributed by atoms with E-state index in [-0.39, 0.29) is 24.0 Å². The van der Waals surface area contributed by atoms with Crippen molar-refractivity contribution >= 4 is 16.1 Å². The summed E-state index contributed by atoms with van der Waals surface area (Å²) in [7, 11) is -4.93. The molecular weight excluding hydrogens is 387 g/mol. The Bertz CT molecular complexity index is 875. The third kappa shape index (κ3) is 3.27. The first kappa shape index (κ1) is 20.1. The normalized spacial score (nSPS) is 20.7. The molecule has 1 unspecified atom stereocenters. The van der Waals surface area contributed by atoms with Gasteiger partial charge in [0.25, 0.3) is 0 Å². The first-order valence-electron chi connectivity index (χ1n) is 7.11. The molecule has 0 amide bonds. The highest BCUT2D eigenvalue weighted by Gasteiger charge is 2.51. The number of halogens is 5. The Morgan fingerprint density at radius 1 is 1.23 bits per heavy atom. The molecule has 1 aliphatic carbocycles. The van der Waals surface area contributed by atoms with Crippen LogP contribution in [-0.2, 0) is 29.2 Å². The molecule has 1 aliphatic rings. The van der Waals surface area contributed by atoms with E-state index < -0.39 is 44.4 Å². The molecule has 0 radical (unpaired) electrons. The van der Waals surface area contributed by atoms with Gasteiger partial charge in [0, 0.05) is 6.42 Å². The molecule has 1 aromatic rings. The average Bonchev–Trinajstić information content (AvgIpc) is 2.95. The highest BCUT2D eigenvalue weighted by Crippen LogP contribution is 2.44. The molecule has 0 N–H and O–H groups in total. The van der Waals surface area contributed by atoms with Crippen LogP contribution in [0.15, 0.2) is 24.0 Å². The number of benzene rings is 1. The highest BCUT2D eigenvalue weighted by atomic mass is 32.2. The molecule has 0 aliphatic heterocycles. The molecule has 0 bridgehead atoms. The number of hydrogen-bond donors (Lipinski definition) is 0. The molecule has 0 saturated heterocycles. The fraction of sp³-hybridized carbons (Fsp3) is 0.400. The van der Waals surface area contributed by atoms with Crippen LogP contribution >= 0.6 is 0 Å². The Balaban J connectivity index is 2.56. The van der Waals surface area contributed by atoms with Crippen LogP contribution in [0.4, 0.5) is 22.0 Å². The molecule has 0 saturated carbocycles. The number of rotatable bonds is 4. The molecule has 1 aromatic carbocycles. The lowest BCUT2D eigenvalue weighted by Gasteiger charge is -2.26. The van der Waals surface area contributed by atoms with Crippen LogP contribution in [0, 0.1) is 18.6 Å². The van der Waals surface area contributed by atoms with Crippen LogP contribution in [0.2, 0.25) is 0 Å². The Morgan fingerprint density at radius 2 is 1.85 bits per heavy atom. The largest absolute Gasteiger partial charge is 0.534 e. The van der Waals surface area contributed by atoms with Crippen LogP contribution in [0.1, 0.15) is 24.0 Å². The summed E-state index contributed by atoms with van der Waals surface area (Å²) in [6, 6.07) is 1.84. The van der Waals surface area contributed by atoms with Crippen molar-refractivity contribution in [3.8, 4) is 0 Å². The van der Waals surface area contributed by atoms with Gasteiger partial charge in [0.05, 0.1) is 7.11 Å². The van der Waals surface area contributed by atoms with Crippen molar-refractivity contribution in [3.63, 3.8) is 0 Å². The van der Waals surface area contributed by atoms with Crippen molar-refractivity contribution in [2.75, 3.05) is 7.11 Å². The topological polar surface area (TPSA) is 69.7 Å². The SMILES string of the molecule is COC(=O)C1(c2ccc(F)c(F)c2C)C=C(OS(=O)(=O)C(F)(F)F)CC1. The van der Waals surface area contributed by atoms with Crippen LogP contribution in [-0.4, -0.2) is 27.0 Å². The first-order chi connectivity index (χ1) is 11.9. The first-order valence-corrected chi connectivity index (χ1v) is 8.52. The Morgan fingerprint density at radius 3 is 2.38 bits per heavy atom. The monoisotopic (exact) mass is 400 g/mol. The smallest absolute Gasteiger partial charge is 0.468 e. The second-order valence-corrected chi connectivity index (χ2v) is 7.13. The summed E-state index contributed by atoms with van der Waals surface area (Å²) < 4.78 is 95.6. The molecule has 0 spiro atoms. The fourth-order valence-corrected chi connectivity index (χ4v) is 3.30. The third-order valence-corrected chi connectivity index (χ3v) is 5.04. The molecule has 1 atom stereocenters. The zero-order valence-corrected chi connectivity index (χ0v) is 14.3. The minimum Gasteiger partial charge on any atom is -0.468 e. The van der Waals surface area contributed by atoms with Gasteiger partial charge < -0.3 is 8.92 Å². The number of hydrogen-bond acceptors (Lipinski definition) is 5. The summed E-state index contributed by atoms with van der Waals surface area (Å²) in [5.41, 5.74) is -7.77. The predicted octanol–water partition coefficient (Wildman–Crippen LogP) is 3.23. The van der Waals surface area contributed by atoms with Crippen LogP contribution in [0.25, 0.3) is 0 Å². The van der Waals surface area contributed by atoms with Gasteiger partial charge in [-0.05, 0) is 36.6 Å². The van der Waals surface area contributed by atoms with Crippen molar-refractivity contribution in [2.24, 2.45) is 0 Å². The third-order valence-electron chi connectivity index (χ3n) is 4.04. The number of alkyl halides is 3. The zero-order valence-electron chi connectivity index (χ0n) is 13.5. The summed E-state index contributed by atoms with van der Waals surface area (Å²) in [6.45, 7) is 1.18. The number of carbonyl (C=O) groups excluding carboxylic acids is 1. The molecule has 11 heteroatoms. The predicted molar refractivity (Wildman–Crippen MR) is 78.2 cm³/mol. The van der Waals surface area contributed by atoms with Gasteiger partial charge in [-0.15, -0.1) is 0 Å². The zero-order chi connectivity index (χ0) is 19.9. The second-order valence-electron chi connectivity index (χ2n) is 5.59. The van der Waals surface area contributed by atoms with Gasteiger partial charge in [0.2, 0.25) is 0 Å². The number of esters is 1. The van der Waals surface area contributed by atoms with E-state index in [1.807, 2.05) is 0 Å². The minimum atomic E-state index is -5.93. The summed E-state index contributed by atoms with van der Waals surface area (Å²) >= 11 is 0. The van der Waals surface area contributed by atoms with E-state index in [0.717, 1.165) is 25.3 Å². The van der Waals surface area contributed by atoms with E-state index in [9.17, 15) is 35.2 Å². The van der Waals surface area contributed by atoms with Crippen molar-refractivity contribution in [3.05, 3.63) is 46.7 Å². The van der Waals surface area contributed by atoms with E-state index in [0.29, 0.717) is 0 Å². The number of ether oxygens (including phenoxy) is 1. The molecular formula is C15H13F5O5S. The molecule has 0 fully saturated rings. The molecule has 2 rings (SSSR count). The van der Waals surface area contributed by atoms with E-state index >= 15 is 0 Å². The van der Waals surface area contributed by atoms with Gasteiger partial charge in [0.15, 0.2) is 11.6 Å². The summed E-state index contributed by atoms with van der Waals surface area (Å²) in [6.07, 6.45) is 0.235. The quantitative estimate of drug-likeness (QED) is 0.336. The maximum atomic E-state index is 13.9. The van der Waals surface area contributed by atoms with E-state index in [1.165, 1.54) is 6.92 Å². The maximum absolute atomic E-state index is 13.9. The van der Waals surface area contributed by atoms with Crippen LogP contribution < -0.4 is 0 Å². The van der Waals surface area contributed by atoms with E-state index in [2.05, 4.69) is 8.92 Å². The average molecular weight is 400 g/mol. The fourth-order valence-electron chi connectivity index (χ4n) is 2.79. The van der Waals surface area contributed by atoms with E-state index in [1.54, 1.807) is 0 Å². The van der Waals surface area contributed by atoms with Crippen LogP contribution in [0.3, 0.4) is 0 Å². The standard InChI is InChI=1S/C15H13F5O5S/c1-8-10(3-4-11(16)12(8)17)14(13(21)24-2)6-5-9(7-14)25-26(22,23)15(18,19)20/h3-4,7H,5-6H2,1-2H3. The Kier molecular flexibility index (Phi) is 5.06. The minimum absolute atomic E-state index is 0.0637. The number of methoxy groups -OCH3 is 1. The Hall–Kier alpha value is -2.17. The summed E-state index contributed by atoms with van der Waals surface area (Å²) in [5.74, 6) is -4.03. The van der Waals surface area contributed by atoms with Gasteiger partial charge in [-0.3, -0.25) is 4.79 Å². The van der Waals surface area contributed by atoms with Gasteiger partial charge >= 0.3 is 21.6 Å². The molecule has 144 valence electrons. The van der Waals surface area contributed by atoms with Gasteiger partial charge in [-0.1, -0.05) is 6.07 Å². The highest BCUT2D eigenvalue weighted by molar-refractivity contribution is 7.87. The molecule has 0 aromatic heterocycles.